The molecule has 4 aromatic rings. The molecule has 0 saturated carbocycles. The van der Waals surface area contributed by atoms with Crippen LogP contribution in [0.5, 0.6) is 5.88 Å². The summed E-state index contributed by atoms with van der Waals surface area (Å²) < 4.78 is 0. The number of aliphatic imine (C=N–C) groups is 1. The Morgan fingerprint density at radius 3 is 2.34 bits per heavy atom. The molecule has 0 aliphatic heterocycles. The summed E-state index contributed by atoms with van der Waals surface area (Å²) in [4.78, 5) is 24.6. The molecule has 1 heterocycles. The molecule has 0 spiro atoms. The zero-order chi connectivity index (χ0) is 24.9. The number of benzene rings is 3. The lowest BCUT2D eigenvalue weighted by Gasteiger charge is -2.18. The molecular formula is C28H29ClN4O2. The molecule has 0 unspecified atom stereocenters. The second-order valence-corrected chi connectivity index (χ2v) is 9.23. The van der Waals surface area contributed by atoms with E-state index in [1.54, 1.807) is 29.2 Å². The zero-order valence-electron chi connectivity index (χ0n) is 20.1. The van der Waals surface area contributed by atoms with E-state index in [2.05, 4.69) is 9.88 Å². The normalized spacial score (nSPS) is 11.9. The van der Waals surface area contributed by atoms with Crippen LogP contribution in [0.2, 0.25) is 5.02 Å². The lowest BCUT2D eigenvalue weighted by Crippen LogP contribution is -2.29. The van der Waals surface area contributed by atoms with Gasteiger partial charge in [-0.15, -0.1) is 0 Å². The number of carbonyl (C=O) groups is 1. The van der Waals surface area contributed by atoms with E-state index in [0.29, 0.717) is 34.1 Å². The van der Waals surface area contributed by atoms with E-state index in [4.69, 9.17) is 16.6 Å². The van der Waals surface area contributed by atoms with Crippen molar-refractivity contribution in [3.63, 3.8) is 0 Å². The summed E-state index contributed by atoms with van der Waals surface area (Å²) in [6, 6.07) is 22.4. The monoisotopic (exact) mass is 488 g/mol. The highest BCUT2D eigenvalue weighted by Crippen LogP contribution is 2.33. The Morgan fingerprint density at radius 1 is 0.943 bits per heavy atom. The Bertz CT molecular complexity index is 1340. The summed E-state index contributed by atoms with van der Waals surface area (Å²) in [7, 11) is 5.87. The maximum absolute atomic E-state index is 12.8. The Kier molecular flexibility index (Phi) is 7.54. The fourth-order valence-electron chi connectivity index (χ4n) is 4.01. The number of aromatic hydroxyl groups is 1. The maximum Gasteiger partial charge on any atom is 0.253 e. The predicted octanol–water partition coefficient (Wildman–Crippen LogP) is 5.72. The fraction of sp³-hybridized carbons (Fsp3) is 0.214. The van der Waals surface area contributed by atoms with E-state index in [1.807, 2.05) is 69.7 Å². The van der Waals surface area contributed by atoms with E-state index < -0.39 is 0 Å². The first-order valence-corrected chi connectivity index (χ1v) is 11.9. The highest BCUT2D eigenvalue weighted by atomic mass is 35.5. The van der Waals surface area contributed by atoms with Gasteiger partial charge in [-0.3, -0.25) is 4.79 Å². The lowest BCUT2D eigenvalue weighted by atomic mass is 10.0. The number of fused-ring (bicyclic) bond motifs is 1. The minimum atomic E-state index is -0.0197. The van der Waals surface area contributed by atoms with Crippen molar-refractivity contribution < 1.29 is 9.90 Å². The first-order chi connectivity index (χ1) is 16.8. The van der Waals surface area contributed by atoms with Crippen molar-refractivity contribution in [3.05, 3.63) is 94.5 Å². The third-order valence-corrected chi connectivity index (χ3v) is 6.06. The van der Waals surface area contributed by atoms with E-state index >= 15 is 0 Å². The molecule has 0 atom stereocenters. The number of aromatic nitrogens is 1. The fourth-order valence-corrected chi connectivity index (χ4v) is 4.18. The summed E-state index contributed by atoms with van der Waals surface area (Å²) in [6.07, 6.45) is 0.914. The summed E-state index contributed by atoms with van der Waals surface area (Å²) in [5.74, 6) is 0.00439. The van der Waals surface area contributed by atoms with E-state index in [-0.39, 0.29) is 11.8 Å². The van der Waals surface area contributed by atoms with Gasteiger partial charge in [0.1, 0.15) is 0 Å². The average molecular weight is 489 g/mol. The van der Waals surface area contributed by atoms with Gasteiger partial charge in [0, 0.05) is 35.1 Å². The molecule has 180 valence electrons. The first kappa shape index (κ1) is 24.5. The van der Waals surface area contributed by atoms with Gasteiger partial charge in [-0.2, -0.15) is 0 Å². The van der Waals surface area contributed by atoms with Crippen molar-refractivity contribution in [2.75, 3.05) is 34.2 Å². The second kappa shape index (κ2) is 10.8. The molecule has 7 heteroatoms. The van der Waals surface area contributed by atoms with Crippen LogP contribution in [0.4, 0.5) is 5.69 Å². The number of rotatable bonds is 8. The van der Waals surface area contributed by atoms with Crippen LogP contribution in [0.15, 0.2) is 77.8 Å². The SMILES string of the molecule is CN(C)CCCN(C)C(=O)c1ccc(N=C(c2ccccc2)c2c(O)[nH]c3cc(Cl)ccc23)cc1. The van der Waals surface area contributed by atoms with Crippen molar-refractivity contribution >= 4 is 39.8 Å². The standard InChI is InChI=1S/C28H29ClN4O2/c1-32(2)16-7-17-33(3)28(35)20-10-13-22(14-11-20)30-26(19-8-5-4-6-9-19)25-23-15-12-21(29)18-24(23)31-27(25)34/h4-6,8-15,18,31,34H,7,16-17H2,1-3H3. The molecule has 0 fully saturated rings. The summed E-state index contributed by atoms with van der Waals surface area (Å²) in [6.45, 7) is 1.62. The van der Waals surface area contributed by atoms with Crippen molar-refractivity contribution in [2.24, 2.45) is 4.99 Å². The van der Waals surface area contributed by atoms with Gasteiger partial charge in [0.05, 0.1) is 22.5 Å². The van der Waals surface area contributed by atoms with Crippen molar-refractivity contribution in [2.45, 2.75) is 6.42 Å². The van der Waals surface area contributed by atoms with E-state index in [1.165, 1.54) is 0 Å². The molecule has 0 aliphatic rings. The highest BCUT2D eigenvalue weighted by Gasteiger charge is 2.19. The number of amides is 1. The van der Waals surface area contributed by atoms with Crippen molar-refractivity contribution in [3.8, 4) is 5.88 Å². The highest BCUT2D eigenvalue weighted by molar-refractivity contribution is 6.31. The number of H-pyrrole nitrogens is 1. The minimum Gasteiger partial charge on any atom is -0.494 e. The molecule has 1 amide bonds. The zero-order valence-corrected chi connectivity index (χ0v) is 20.9. The Hall–Kier alpha value is -3.61. The third-order valence-electron chi connectivity index (χ3n) is 5.83. The van der Waals surface area contributed by atoms with Gasteiger partial charge < -0.3 is 19.9 Å². The van der Waals surface area contributed by atoms with Crippen LogP contribution in [-0.2, 0) is 0 Å². The second-order valence-electron chi connectivity index (χ2n) is 8.80. The van der Waals surface area contributed by atoms with Gasteiger partial charge in [0.25, 0.3) is 5.91 Å². The van der Waals surface area contributed by atoms with E-state index in [9.17, 15) is 9.90 Å². The topological polar surface area (TPSA) is 71.9 Å². The molecule has 6 nitrogen and oxygen atoms in total. The van der Waals surface area contributed by atoms with Crippen LogP contribution < -0.4 is 0 Å². The van der Waals surface area contributed by atoms with Crippen LogP contribution in [-0.4, -0.2) is 65.7 Å². The molecular weight excluding hydrogens is 460 g/mol. The number of halogens is 1. The molecule has 4 rings (SSSR count). The number of nitrogens with one attached hydrogen (secondary N) is 1. The molecule has 0 radical (unpaired) electrons. The Morgan fingerprint density at radius 2 is 1.66 bits per heavy atom. The molecule has 3 aromatic carbocycles. The van der Waals surface area contributed by atoms with E-state index in [0.717, 1.165) is 29.4 Å². The van der Waals surface area contributed by atoms with Crippen molar-refractivity contribution in [1.82, 2.24) is 14.8 Å². The number of carbonyl (C=O) groups excluding carboxylic acids is 1. The lowest BCUT2D eigenvalue weighted by molar-refractivity contribution is 0.0790. The van der Waals surface area contributed by atoms with Crippen LogP contribution in [0, 0.1) is 0 Å². The van der Waals surface area contributed by atoms with Crippen LogP contribution in [0.25, 0.3) is 10.9 Å². The van der Waals surface area contributed by atoms with Crippen LogP contribution in [0.1, 0.15) is 27.9 Å². The quantitative estimate of drug-likeness (QED) is 0.311. The van der Waals surface area contributed by atoms with Gasteiger partial charge in [-0.25, -0.2) is 4.99 Å². The molecule has 1 aromatic heterocycles. The number of aromatic amines is 1. The number of hydrogen-bond acceptors (Lipinski definition) is 4. The van der Waals surface area contributed by atoms with Gasteiger partial charge in [0.15, 0.2) is 5.88 Å². The van der Waals surface area contributed by atoms with Crippen molar-refractivity contribution in [1.29, 1.82) is 0 Å². The summed E-state index contributed by atoms with van der Waals surface area (Å²) in [5.41, 5.74) is 4.10. The summed E-state index contributed by atoms with van der Waals surface area (Å²) >= 11 is 6.15. The van der Waals surface area contributed by atoms with Crippen LogP contribution >= 0.6 is 11.6 Å². The smallest absolute Gasteiger partial charge is 0.253 e. The summed E-state index contributed by atoms with van der Waals surface area (Å²) in [5, 5.41) is 12.2. The van der Waals surface area contributed by atoms with Gasteiger partial charge in [0.2, 0.25) is 0 Å². The molecule has 2 N–H and O–H groups in total. The molecule has 0 saturated heterocycles. The molecule has 0 aliphatic carbocycles. The molecule has 35 heavy (non-hydrogen) atoms. The van der Waals surface area contributed by atoms with Gasteiger partial charge >= 0.3 is 0 Å². The van der Waals surface area contributed by atoms with Gasteiger partial charge in [-0.1, -0.05) is 48.0 Å². The minimum absolute atomic E-state index is 0.0197. The Balaban J connectivity index is 1.67. The first-order valence-electron chi connectivity index (χ1n) is 11.5. The Labute approximate surface area is 210 Å². The van der Waals surface area contributed by atoms with Crippen LogP contribution in [0.3, 0.4) is 0 Å². The van der Waals surface area contributed by atoms with Gasteiger partial charge in [-0.05, 0) is 63.5 Å². The predicted molar refractivity (Wildman–Crippen MR) is 143 cm³/mol. The molecule has 0 bridgehead atoms. The largest absolute Gasteiger partial charge is 0.494 e. The number of nitrogens with zero attached hydrogens (tertiary/aromatic N) is 3. The number of hydrogen-bond donors (Lipinski definition) is 2. The average Bonchev–Trinajstić information content (AvgIpc) is 3.17. The third kappa shape index (κ3) is 5.73. The maximum atomic E-state index is 12.8.